The van der Waals surface area contributed by atoms with Crippen molar-refractivity contribution in [3.8, 4) is 0 Å². The van der Waals surface area contributed by atoms with E-state index in [2.05, 4.69) is 22.2 Å². The van der Waals surface area contributed by atoms with Gasteiger partial charge in [0.2, 0.25) is 10.0 Å². The molecule has 2 rings (SSSR count). The zero-order valence-corrected chi connectivity index (χ0v) is 12.8. The van der Waals surface area contributed by atoms with Crippen molar-refractivity contribution in [2.75, 3.05) is 32.6 Å². The van der Waals surface area contributed by atoms with Crippen LogP contribution in [0.4, 0.5) is 5.82 Å². The maximum Gasteiger partial charge on any atom is 0.244 e. The van der Waals surface area contributed by atoms with E-state index in [1.807, 2.05) is 14.1 Å². The van der Waals surface area contributed by atoms with E-state index in [9.17, 15) is 8.42 Å². The highest BCUT2D eigenvalue weighted by Crippen LogP contribution is 2.26. The largest absolute Gasteiger partial charge is 0.308 e. The topological polar surface area (TPSA) is 91.6 Å². The van der Waals surface area contributed by atoms with Crippen LogP contribution in [0.3, 0.4) is 0 Å². The molecule has 2 heterocycles. The van der Waals surface area contributed by atoms with Gasteiger partial charge in [-0.3, -0.25) is 0 Å². The van der Waals surface area contributed by atoms with E-state index in [-0.39, 0.29) is 10.9 Å². The smallest absolute Gasteiger partial charge is 0.244 e. The van der Waals surface area contributed by atoms with E-state index in [0.29, 0.717) is 24.8 Å². The molecule has 0 spiro atoms. The van der Waals surface area contributed by atoms with Crippen LogP contribution < -0.4 is 11.3 Å². The first-order valence-electron chi connectivity index (χ1n) is 6.45. The van der Waals surface area contributed by atoms with E-state index in [1.54, 1.807) is 6.07 Å². The molecule has 3 N–H and O–H groups in total. The molecular weight excluding hydrogens is 278 g/mol. The van der Waals surface area contributed by atoms with E-state index >= 15 is 0 Å². The number of hydrogen-bond acceptors (Lipinski definition) is 6. The summed E-state index contributed by atoms with van der Waals surface area (Å²) in [7, 11) is 0.458. The molecule has 112 valence electrons. The molecule has 1 aliphatic rings. The highest BCUT2D eigenvalue weighted by atomic mass is 32.2. The number of nitrogens with zero attached hydrogens (tertiary/aromatic N) is 3. The third-order valence-electron chi connectivity index (χ3n) is 3.72. The summed E-state index contributed by atoms with van der Waals surface area (Å²) in [4.78, 5) is 6.22. The Bertz CT molecular complexity index is 558. The summed E-state index contributed by atoms with van der Waals surface area (Å²) in [6.07, 6.45) is 1.33. The van der Waals surface area contributed by atoms with Crippen LogP contribution in [-0.2, 0) is 10.0 Å². The first kappa shape index (κ1) is 15.2. The zero-order valence-electron chi connectivity index (χ0n) is 11.9. The van der Waals surface area contributed by atoms with Gasteiger partial charge < -0.3 is 10.3 Å². The lowest BCUT2D eigenvalue weighted by atomic mass is 10.1. The van der Waals surface area contributed by atoms with Crippen molar-refractivity contribution in [2.45, 2.75) is 17.9 Å². The molecule has 2 atom stereocenters. The second-order valence-electron chi connectivity index (χ2n) is 5.35. The Hall–Kier alpha value is -1.22. The molecule has 1 aliphatic heterocycles. The predicted octanol–water partition coefficient (Wildman–Crippen LogP) is -0.0622. The second-order valence-corrected chi connectivity index (χ2v) is 7.29. The molecule has 0 aliphatic carbocycles. The van der Waals surface area contributed by atoms with Crippen molar-refractivity contribution in [3.05, 3.63) is 18.3 Å². The van der Waals surface area contributed by atoms with Crippen molar-refractivity contribution in [1.29, 1.82) is 0 Å². The third kappa shape index (κ3) is 2.78. The van der Waals surface area contributed by atoms with Gasteiger partial charge in [0.25, 0.3) is 0 Å². The van der Waals surface area contributed by atoms with Crippen LogP contribution in [0, 0.1) is 5.92 Å². The Morgan fingerprint density at radius 3 is 2.55 bits per heavy atom. The molecule has 2 unspecified atom stereocenters. The van der Waals surface area contributed by atoms with Gasteiger partial charge in [0.15, 0.2) is 0 Å². The van der Waals surface area contributed by atoms with E-state index in [0.717, 1.165) is 0 Å². The average molecular weight is 299 g/mol. The SMILES string of the molecule is CC1CN(S(=O)(=O)c2ccc(NN)nc2)CC1N(C)C. The lowest BCUT2D eigenvalue weighted by Gasteiger charge is -2.22. The van der Waals surface area contributed by atoms with Crippen molar-refractivity contribution < 1.29 is 8.42 Å². The van der Waals surface area contributed by atoms with Gasteiger partial charge in [-0.15, -0.1) is 0 Å². The molecule has 1 fully saturated rings. The lowest BCUT2D eigenvalue weighted by Crippen LogP contribution is -2.35. The minimum absolute atomic E-state index is 0.197. The average Bonchev–Trinajstić information content (AvgIpc) is 2.82. The number of nitrogens with two attached hydrogens (primary N) is 1. The van der Waals surface area contributed by atoms with Crippen molar-refractivity contribution in [2.24, 2.45) is 11.8 Å². The number of hydrogen-bond donors (Lipinski definition) is 2. The van der Waals surface area contributed by atoms with Crippen molar-refractivity contribution in [1.82, 2.24) is 14.2 Å². The van der Waals surface area contributed by atoms with Gasteiger partial charge in [-0.25, -0.2) is 19.2 Å². The minimum Gasteiger partial charge on any atom is -0.308 e. The fourth-order valence-electron chi connectivity index (χ4n) is 2.54. The highest BCUT2D eigenvalue weighted by Gasteiger charge is 2.38. The van der Waals surface area contributed by atoms with Gasteiger partial charge in [0.1, 0.15) is 10.7 Å². The van der Waals surface area contributed by atoms with Crippen LogP contribution in [0.1, 0.15) is 6.92 Å². The van der Waals surface area contributed by atoms with Gasteiger partial charge in [-0.1, -0.05) is 6.92 Å². The zero-order chi connectivity index (χ0) is 14.9. The van der Waals surface area contributed by atoms with Crippen LogP contribution in [0.15, 0.2) is 23.2 Å². The quantitative estimate of drug-likeness (QED) is 0.598. The van der Waals surface area contributed by atoms with Crippen molar-refractivity contribution in [3.63, 3.8) is 0 Å². The van der Waals surface area contributed by atoms with Gasteiger partial charge in [-0.2, -0.15) is 4.31 Å². The van der Waals surface area contributed by atoms with Crippen LogP contribution in [0.5, 0.6) is 0 Å². The molecule has 0 bridgehead atoms. The van der Waals surface area contributed by atoms with Gasteiger partial charge in [0.05, 0.1) is 0 Å². The number of pyridine rings is 1. The summed E-state index contributed by atoms with van der Waals surface area (Å²) < 4.78 is 26.6. The van der Waals surface area contributed by atoms with Gasteiger partial charge in [-0.05, 0) is 32.1 Å². The number of rotatable bonds is 4. The summed E-state index contributed by atoms with van der Waals surface area (Å²) in [6, 6.07) is 3.31. The Kier molecular flexibility index (Phi) is 4.28. The van der Waals surface area contributed by atoms with E-state index < -0.39 is 10.0 Å². The Morgan fingerprint density at radius 2 is 2.10 bits per heavy atom. The summed E-state index contributed by atoms with van der Waals surface area (Å²) in [5.74, 6) is 5.96. The van der Waals surface area contributed by atoms with Crippen LogP contribution in [-0.4, -0.2) is 55.8 Å². The monoisotopic (exact) mass is 299 g/mol. The standard InChI is InChI=1S/C12H21N5O2S/c1-9-7-17(8-11(9)16(2)3)20(18,19)10-4-5-12(15-13)14-6-10/h4-6,9,11H,7-8,13H2,1-3H3,(H,14,15). The number of hydrazine groups is 1. The summed E-state index contributed by atoms with van der Waals surface area (Å²) in [5.41, 5.74) is 2.38. The molecule has 20 heavy (non-hydrogen) atoms. The molecule has 1 aromatic heterocycles. The van der Waals surface area contributed by atoms with Gasteiger partial charge in [0, 0.05) is 25.3 Å². The lowest BCUT2D eigenvalue weighted by molar-refractivity contribution is 0.263. The molecule has 1 aromatic rings. The number of sulfonamides is 1. The molecule has 0 aromatic carbocycles. The Balaban J connectivity index is 2.22. The van der Waals surface area contributed by atoms with Crippen molar-refractivity contribution >= 4 is 15.8 Å². The number of nitrogen functional groups attached to an aromatic ring is 1. The summed E-state index contributed by atoms with van der Waals surface area (Å²) >= 11 is 0. The minimum atomic E-state index is -3.49. The third-order valence-corrected chi connectivity index (χ3v) is 5.54. The van der Waals surface area contributed by atoms with E-state index in [1.165, 1.54) is 16.6 Å². The second kappa shape index (κ2) is 5.65. The molecule has 0 radical (unpaired) electrons. The first-order valence-corrected chi connectivity index (χ1v) is 7.89. The predicted molar refractivity (Wildman–Crippen MR) is 77.4 cm³/mol. The number of likely N-dealkylation sites (N-methyl/N-ethyl adjacent to an activating group) is 1. The first-order chi connectivity index (χ1) is 9.36. The van der Waals surface area contributed by atoms with Gasteiger partial charge >= 0.3 is 0 Å². The number of nitrogens with one attached hydrogen (secondary N) is 1. The number of anilines is 1. The Morgan fingerprint density at radius 1 is 1.40 bits per heavy atom. The molecular formula is C12H21N5O2S. The van der Waals surface area contributed by atoms with E-state index in [4.69, 9.17) is 5.84 Å². The summed E-state index contributed by atoms with van der Waals surface area (Å²) in [5, 5.41) is 0. The maximum absolute atomic E-state index is 12.6. The normalized spacial score (nSPS) is 24.2. The molecule has 1 saturated heterocycles. The highest BCUT2D eigenvalue weighted by molar-refractivity contribution is 7.89. The summed E-state index contributed by atoms with van der Waals surface area (Å²) in [6.45, 7) is 3.11. The van der Waals surface area contributed by atoms with Crippen LogP contribution in [0.25, 0.3) is 0 Å². The molecule has 0 amide bonds. The maximum atomic E-state index is 12.6. The fourth-order valence-corrected chi connectivity index (χ4v) is 4.05. The van der Waals surface area contributed by atoms with Crippen LogP contribution in [0.2, 0.25) is 0 Å². The molecule has 7 nitrogen and oxygen atoms in total. The Labute approximate surface area is 119 Å². The molecule has 8 heteroatoms. The number of aromatic nitrogens is 1. The molecule has 0 saturated carbocycles. The fraction of sp³-hybridized carbons (Fsp3) is 0.583. The van der Waals surface area contributed by atoms with Crippen LogP contribution >= 0.6 is 0 Å².